The fourth-order valence-corrected chi connectivity index (χ4v) is 2.99. The van der Waals surface area contributed by atoms with Gasteiger partial charge in [-0.3, -0.25) is 4.79 Å². The van der Waals surface area contributed by atoms with E-state index in [1.165, 1.54) is 5.56 Å². The quantitative estimate of drug-likeness (QED) is 0.734. The number of amides is 1. The van der Waals surface area contributed by atoms with Gasteiger partial charge in [0.05, 0.1) is 0 Å². The van der Waals surface area contributed by atoms with Crippen LogP contribution < -0.4 is 4.90 Å². The second kappa shape index (κ2) is 5.11. The molecule has 1 aromatic rings. The van der Waals surface area contributed by atoms with E-state index in [-0.39, 0.29) is 5.91 Å². The first-order valence-electron chi connectivity index (χ1n) is 5.66. The number of rotatable bonds is 2. The maximum Gasteiger partial charge on any atom is 0.227 e. The third kappa shape index (κ3) is 2.58. The summed E-state index contributed by atoms with van der Waals surface area (Å²) in [5.41, 5.74) is 3.40. The minimum Gasteiger partial charge on any atom is -0.312 e. The summed E-state index contributed by atoms with van der Waals surface area (Å²) in [5.74, 6) is 0.662. The molecular weight excluding hydrogens is 346 g/mol. The van der Waals surface area contributed by atoms with Crippen LogP contribution in [0.25, 0.3) is 0 Å². The molecule has 1 aliphatic rings. The van der Waals surface area contributed by atoms with Gasteiger partial charge in [-0.05, 0) is 37.0 Å². The average Bonchev–Trinajstić information content (AvgIpc) is 2.65. The fourth-order valence-electron chi connectivity index (χ4n) is 2.22. The van der Waals surface area contributed by atoms with E-state index in [1.54, 1.807) is 0 Å². The fraction of sp³-hybridized carbons (Fsp3) is 0.462. The molecule has 1 saturated heterocycles. The molecule has 0 aromatic heterocycles. The van der Waals surface area contributed by atoms with Crippen molar-refractivity contribution >= 4 is 43.5 Å². The van der Waals surface area contributed by atoms with Crippen LogP contribution in [-0.4, -0.2) is 17.8 Å². The molecule has 1 aromatic carbocycles. The molecule has 0 spiro atoms. The largest absolute Gasteiger partial charge is 0.312 e. The highest BCUT2D eigenvalue weighted by Gasteiger charge is 2.30. The van der Waals surface area contributed by atoms with Crippen LogP contribution in [0, 0.1) is 19.8 Å². The van der Waals surface area contributed by atoms with Crippen LogP contribution in [-0.2, 0) is 4.79 Å². The van der Waals surface area contributed by atoms with E-state index in [4.69, 9.17) is 0 Å². The van der Waals surface area contributed by atoms with Gasteiger partial charge in [-0.15, -0.1) is 0 Å². The molecule has 0 saturated carbocycles. The molecule has 17 heavy (non-hydrogen) atoms. The number of nitrogens with zero attached hydrogens (tertiary/aromatic N) is 1. The molecule has 4 heteroatoms. The van der Waals surface area contributed by atoms with E-state index in [1.807, 2.05) is 4.90 Å². The second-order valence-corrected chi connectivity index (χ2v) is 6.12. The molecule has 0 bridgehead atoms. The van der Waals surface area contributed by atoms with Gasteiger partial charge in [-0.1, -0.05) is 37.9 Å². The molecule has 1 heterocycles. The molecule has 0 aliphatic carbocycles. The highest BCUT2D eigenvalue weighted by molar-refractivity contribution is 9.10. The lowest BCUT2D eigenvalue weighted by Gasteiger charge is -2.20. The minimum absolute atomic E-state index is 0.230. The molecule has 2 rings (SSSR count). The zero-order valence-corrected chi connectivity index (χ0v) is 13.1. The lowest BCUT2D eigenvalue weighted by molar-refractivity contribution is -0.117. The Morgan fingerprint density at radius 2 is 2.06 bits per heavy atom. The smallest absolute Gasteiger partial charge is 0.227 e. The highest BCUT2D eigenvalue weighted by atomic mass is 79.9. The normalized spacial score (nSPS) is 20.1. The van der Waals surface area contributed by atoms with Crippen molar-refractivity contribution in [3.05, 3.63) is 27.7 Å². The summed E-state index contributed by atoms with van der Waals surface area (Å²) in [6.07, 6.45) is 0.649. The SMILES string of the molecule is Cc1cc(C)c(N2CC(CBr)CC2=O)cc1Br. The first-order chi connectivity index (χ1) is 8.02. The van der Waals surface area contributed by atoms with Crippen molar-refractivity contribution in [3.63, 3.8) is 0 Å². The van der Waals surface area contributed by atoms with E-state index in [2.05, 4.69) is 57.8 Å². The summed E-state index contributed by atoms with van der Waals surface area (Å²) >= 11 is 6.99. The van der Waals surface area contributed by atoms with Gasteiger partial charge in [0.25, 0.3) is 0 Å². The molecule has 1 aliphatic heterocycles. The van der Waals surface area contributed by atoms with Gasteiger partial charge in [-0.25, -0.2) is 0 Å². The van der Waals surface area contributed by atoms with Crippen LogP contribution in [0.2, 0.25) is 0 Å². The van der Waals surface area contributed by atoms with Crippen LogP contribution in [0.5, 0.6) is 0 Å². The Labute approximate surface area is 119 Å². The van der Waals surface area contributed by atoms with Gasteiger partial charge >= 0.3 is 0 Å². The number of alkyl halides is 1. The first-order valence-corrected chi connectivity index (χ1v) is 7.57. The number of benzene rings is 1. The number of hydrogen-bond donors (Lipinski definition) is 0. The number of halogens is 2. The van der Waals surface area contributed by atoms with Gasteiger partial charge in [0, 0.05) is 28.5 Å². The molecule has 1 amide bonds. The third-order valence-electron chi connectivity index (χ3n) is 3.19. The monoisotopic (exact) mass is 359 g/mol. The summed E-state index contributed by atoms with van der Waals surface area (Å²) in [6, 6.07) is 4.17. The van der Waals surface area contributed by atoms with E-state index in [0.29, 0.717) is 12.3 Å². The Morgan fingerprint density at radius 3 is 2.65 bits per heavy atom. The van der Waals surface area contributed by atoms with Gasteiger partial charge in [-0.2, -0.15) is 0 Å². The molecule has 0 N–H and O–H groups in total. The van der Waals surface area contributed by atoms with E-state index >= 15 is 0 Å². The van der Waals surface area contributed by atoms with Crippen LogP contribution >= 0.6 is 31.9 Å². The highest BCUT2D eigenvalue weighted by Crippen LogP contribution is 2.32. The lowest BCUT2D eigenvalue weighted by atomic mass is 10.1. The summed E-state index contributed by atoms with van der Waals surface area (Å²) in [4.78, 5) is 13.9. The molecule has 1 fully saturated rings. The topological polar surface area (TPSA) is 20.3 Å². The van der Waals surface area contributed by atoms with Crippen LogP contribution in [0.4, 0.5) is 5.69 Å². The number of carbonyl (C=O) groups is 1. The van der Waals surface area contributed by atoms with Crippen LogP contribution in [0.3, 0.4) is 0 Å². The molecule has 1 atom stereocenters. The second-order valence-electron chi connectivity index (χ2n) is 4.62. The van der Waals surface area contributed by atoms with Crippen molar-refractivity contribution in [2.75, 3.05) is 16.8 Å². The standard InChI is InChI=1S/C13H15Br2NO/c1-8-3-9(2)12(5-11(8)15)16-7-10(6-14)4-13(16)17/h3,5,10H,4,6-7H2,1-2H3. The minimum atomic E-state index is 0.230. The number of carbonyl (C=O) groups excluding carboxylic acids is 1. The number of anilines is 1. The molecule has 0 radical (unpaired) electrons. The van der Waals surface area contributed by atoms with Gasteiger partial charge in [0.15, 0.2) is 0 Å². The summed E-state index contributed by atoms with van der Waals surface area (Å²) in [5, 5.41) is 0.890. The maximum absolute atomic E-state index is 12.0. The Morgan fingerprint density at radius 1 is 1.35 bits per heavy atom. The van der Waals surface area contributed by atoms with Crippen molar-refractivity contribution in [1.82, 2.24) is 0 Å². The van der Waals surface area contributed by atoms with Gasteiger partial charge in [0.1, 0.15) is 0 Å². The number of aryl methyl sites for hydroxylation is 2. The molecular formula is C13H15Br2NO. The summed E-state index contributed by atoms with van der Waals surface area (Å²) < 4.78 is 1.06. The van der Waals surface area contributed by atoms with Crippen LogP contribution in [0.15, 0.2) is 16.6 Å². The number of hydrogen-bond acceptors (Lipinski definition) is 1. The van der Waals surface area contributed by atoms with Crippen molar-refractivity contribution in [3.8, 4) is 0 Å². The third-order valence-corrected chi connectivity index (χ3v) is 4.96. The van der Waals surface area contributed by atoms with Crippen molar-refractivity contribution in [1.29, 1.82) is 0 Å². The van der Waals surface area contributed by atoms with Gasteiger partial charge in [0.2, 0.25) is 5.91 Å². The molecule has 92 valence electrons. The first kappa shape index (κ1) is 13.1. The predicted octanol–water partition coefficient (Wildman–Crippen LogP) is 3.81. The summed E-state index contributed by atoms with van der Waals surface area (Å²) in [7, 11) is 0. The maximum atomic E-state index is 12.0. The van der Waals surface area contributed by atoms with Crippen molar-refractivity contribution < 1.29 is 4.79 Å². The summed E-state index contributed by atoms with van der Waals surface area (Å²) in [6.45, 7) is 4.94. The van der Waals surface area contributed by atoms with E-state index in [9.17, 15) is 4.79 Å². The Bertz CT molecular complexity index is 459. The zero-order chi connectivity index (χ0) is 12.6. The van der Waals surface area contributed by atoms with E-state index in [0.717, 1.165) is 27.6 Å². The predicted molar refractivity (Wildman–Crippen MR) is 77.9 cm³/mol. The Balaban J connectivity index is 2.35. The lowest BCUT2D eigenvalue weighted by Crippen LogP contribution is -2.25. The average molecular weight is 361 g/mol. The Kier molecular flexibility index (Phi) is 3.93. The van der Waals surface area contributed by atoms with Gasteiger partial charge < -0.3 is 4.90 Å². The zero-order valence-electron chi connectivity index (χ0n) is 9.96. The van der Waals surface area contributed by atoms with E-state index < -0.39 is 0 Å². The molecule has 1 unspecified atom stereocenters. The Hall–Kier alpha value is -0.350. The van der Waals surface area contributed by atoms with Crippen LogP contribution in [0.1, 0.15) is 17.5 Å². The molecule has 2 nitrogen and oxygen atoms in total. The van der Waals surface area contributed by atoms with Crippen molar-refractivity contribution in [2.24, 2.45) is 5.92 Å². The van der Waals surface area contributed by atoms with Crippen molar-refractivity contribution in [2.45, 2.75) is 20.3 Å².